The molecule has 12 heavy (non-hydrogen) atoms. The molecular formula is C3H4F5O3P. The lowest BCUT2D eigenvalue weighted by Gasteiger charge is -2.10. The van der Waals surface area contributed by atoms with Crippen molar-refractivity contribution in [3.05, 3.63) is 0 Å². The molecule has 0 aliphatic rings. The quantitative estimate of drug-likeness (QED) is 0.579. The predicted octanol–water partition coefficient (Wildman–Crippen LogP) is 2.32. The van der Waals surface area contributed by atoms with Gasteiger partial charge in [-0.05, 0) is 0 Å². The maximum absolute atomic E-state index is 11.9. The summed E-state index contributed by atoms with van der Waals surface area (Å²) in [5, 5.41) is 0. The van der Waals surface area contributed by atoms with Crippen molar-refractivity contribution in [3.8, 4) is 0 Å². The first-order valence-electron chi connectivity index (χ1n) is 2.52. The van der Waals surface area contributed by atoms with Crippen molar-refractivity contribution >= 4 is 7.91 Å². The van der Waals surface area contributed by atoms with Crippen molar-refractivity contribution in [2.45, 2.75) is 19.0 Å². The molecular weight excluding hydrogens is 210 g/mol. The average molecular weight is 214 g/mol. The van der Waals surface area contributed by atoms with Gasteiger partial charge in [-0.25, -0.2) is 13.5 Å². The first-order chi connectivity index (χ1) is 5.10. The number of hydrogen-bond donors (Lipinski definition) is 1. The van der Waals surface area contributed by atoms with Gasteiger partial charge in [0, 0.05) is 0 Å². The van der Waals surface area contributed by atoms with Crippen LogP contribution in [0, 0.1) is 0 Å². The molecule has 0 aromatic rings. The number of alkyl halides is 4. The minimum atomic E-state index is -5.68. The Balaban J connectivity index is 3.91. The van der Waals surface area contributed by atoms with Gasteiger partial charge in [-0.3, -0.25) is 4.89 Å². The maximum atomic E-state index is 11.9. The summed E-state index contributed by atoms with van der Waals surface area (Å²) in [5.41, 5.74) is 0. The molecule has 0 saturated carbocycles. The molecule has 2 atom stereocenters. The van der Waals surface area contributed by atoms with Crippen LogP contribution in [-0.4, -0.2) is 17.4 Å². The third-order valence-electron chi connectivity index (χ3n) is 0.636. The van der Waals surface area contributed by atoms with Crippen LogP contribution in [0.5, 0.6) is 0 Å². The largest absolute Gasteiger partial charge is 0.513 e. The highest BCUT2D eigenvalue weighted by Gasteiger charge is 2.36. The molecule has 0 spiro atoms. The van der Waals surface area contributed by atoms with E-state index in [-0.39, 0.29) is 0 Å². The zero-order valence-corrected chi connectivity index (χ0v) is 6.28. The fourth-order valence-corrected chi connectivity index (χ4v) is 0.717. The summed E-state index contributed by atoms with van der Waals surface area (Å²) in [4.78, 5) is 7.64. The van der Waals surface area contributed by atoms with E-state index in [1.807, 2.05) is 0 Å². The molecule has 9 heteroatoms. The van der Waals surface area contributed by atoms with Crippen LogP contribution >= 0.6 is 7.91 Å². The zero-order chi connectivity index (χ0) is 9.99. The highest BCUT2D eigenvalue weighted by atomic mass is 31.2. The normalized spacial score (nSPS) is 20.2. The van der Waals surface area contributed by atoms with Crippen molar-refractivity contribution in [1.29, 1.82) is 0 Å². The lowest BCUT2D eigenvalue weighted by atomic mass is 10.4. The molecule has 0 fully saturated rings. The molecule has 0 aliphatic heterocycles. The van der Waals surface area contributed by atoms with E-state index in [0.29, 0.717) is 0 Å². The van der Waals surface area contributed by atoms with Crippen LogP contribution in [0.4, 0.5) is 21.8 Å². The Hall–Kier alpha value is -0.200. The average Bonchev–Trinajstić information content (AvgIpc) is 1.49. The molecule has 0 rings (SSSR count). The SMILES string of the molecule is O=P(O)(F)OC(F)CC(F)(F)F. The molecule has 0 aromatic heterocycles. The lowest BCUT2D eigenvalue weighted by molar-refractivity contribution is -0.167. The number of halogens is 5. The van der Waals surface area contributed by atoms with Gasteiger partial charge in [0.15, 0.2) is 0 Å². The Labute approximate surface area is 63.8 Å². The fraction of sp³-hybridized carbons (Fsp3) is 1.00. The molecule has 0 aliphatic carbocycles. The van der Waals surface area contributed by atoms with E-state index in [2.05, 4.69) is 4.52 Å². The fourth-order valence-electron chi connectivity index (χ4n) is 0.360. The van der Waals surface area contributed by atoms with Crippen LogP contribution in [0.3, 0.4) is 0 Å². The van der Waals surface area contributed by atoms with Crippen LogP contribution in [0.25, 0.3) is 0 Å². The van der Waals surface area contributed by atoms with Gasteiger partial charge in [-0.15, -0.1) is 4.20 Å². The summed E-state index contributed by atoms with van der Waals surface area (Å²) < 4.78 is 69.6. The molecule has 0 heterocycles. The van der Waals surface area contributed by atoms with Gasteiger partial charge in [-0.1, -0.05) is 0 Å². The Morgan fingerprint density at radius 1 is 1.50 bits per heavy atom. The Kier molecular flexibility index (Phi) is 3.61. The molecule has 0 bridgehead atoms. The van der Waals surface area contributed by atoms with Crippen LogP contribution in [0.2, 0.25) is 0 Å². The highest BCUT2D eigenvalue weighted by Crippen LogP contribution is 2.46. The summed E-state index contributed by atoms with van der Waals surface area (Å²) in [6.07, 6.45) is -10.2. The van der Waals surface area contributed by atoms with E-state index < -0.39 is 26.9 Å². The smallest absolute Gasteiger partial charge is 0.299 e. The first kappa shape index (κ1) is 11.8. The van der Waals surface area contributed by atoms with Gasteiger partial charge in [0.1, 0.15) is 6.42 Å². The van der Waals surface area contributed by atoms with E-state index in [1.165, 1.54) is 0 Å². The Morgan fingerprint density at radius 2 is 1.92 bits per heavy atom. The molecule has 2 unspecified atom stereocenters. The lowest BCUT2D eigenvalue weighted by Crippen LogP contribution is -2.17. The van der Waals surface area contributed by atoms with Gasteiger partial charge in [-0.2, -0.15) is 13.2 Å². The van der Waals surface area contributed by atoms with E-state index in [4.69, 9.17) is 4.89 Å². The van der Waals surface area contributed by atoms with E-state index in [1.54, 1.807) is 0 Å². The second-order valence-electron chi connectivity index (χ2n) is 1.79. The zero-order valence-electron chi connectivity index (χ0n) is 5.39. The highest BCUT2D eigenvalue weighted by molar-refractivity contribution is 7.46. The summed E-state index contributed by atoms with van der Waals surface area (Å²) >= 11 is 0. The molecule has 0 amide bonds. The van der Waals surface area contributed by atoms with Crippen molar-refractivity contribution in [3.63, 3.8) is 0 Å². The van der Waals surface area contributed by atoms with Crippen LogP contribution in [0.1, 0.15) is 6.42 Å². The predicted molar refractivity (Wildman–Crippen MR) is 27.6 cm³/mol. The van der Waals surface area contributed by atoms with E-state index in [0.717, 1.165) is 0 Å². The topological polar surface area (TPSA) is 46.5 Å². The third kappa shape index (κ3) is 7.90. The minimum absolute atomic E-state index is 2.12. The number of hydrogen-bond acceptors (Lipinski definition) is 2. The molecule has 74 valence electrons. The van der Waals surface area contributed by atoms with Gasteiger partial charge >= 0.3 is 14.1 Å². The second-order valence-corrected chi connectivity index (χ2v) is 2.90. The van der Waals surface area contributed by atoms with Crippen molar-refractivity contribution in [2.24, 2.45) is 0 Å². The minimum Gasteiger partial charge on any atom is -0.299 e. The van der Waals surface area contributed by atoms with Crippen molar-refractivity contribution < 1.29 is 35.7 Å². The van der Waals surface area contributed by atoms with Gasteiger partial charge < -0.3 is 0 Å². The first-order valence-corrected chi connectivity index (χ1v) is 3.99. The summed E-state index contributed by atoms with van der Waals surface area (Å²) in [5.74, 6) is 0. The second kappa shape index (κ2) is 3.68. The Bertz CT molecular complexity index is 185. The molecule has 1 N–H and O–H groups in total. The summed E-state index contributed by atoms with van der Waals surface area (Å²) in [6.45, 7) is 0. The van der Waals surface area contributed by atoms with Crippen LogP contribution < -0.4 is 0 Å². The maximum Gasteiger partial charge on any atom is 0.513 e. The third-order valence-corrected chi connectivity index (χ3v) is 1.13. The van der Waals surface area contributed by atoms with Crippen molar-refractivity contribution in [2.75, 3.05) is 0 Å². The van der Waals surface area contributed by atoms with Gasteiger partial charge in [0.2, 0.25) is 6.36 Å². The molecule has 0 aromatic carbocycles. The van der Waals surface area contributed by atoms with Gasteiger partial charge in [0.25, 0.3) is 0 Å². The standard InChI is InChI=1S/C3H4F5O3P/c4-2(1-3(5,6)7)11-12(8,9)10/h2H,1H2,(H,9,10). The van der Waals surface area contributed by atoms with Crippen LogP contribution in [0.15, 0.2) is 0 Å². The molecule has 0 saturated heterocycles. The van der Waals surface area contributed by atoms with Gasteiger partial charge in [0.05, 0.1) is 0 Å². The van der Waals surface area contributed by atoms with Crippen LogP contribution in [-0.2, 0) is 9.09 Å². The monoisotopic (exact) mass is 214 g/mol. The molecule has 3 nitrogen and oxygen atoms in total. The summed E-state index contributed by atoms with van der Waals surface area (Å²) in [7, 11) is -5.68. The number of rotatable bonds is 3. The molecule has 0 radical (unpaired) electrons. The summed E-state index contributed by atoms with van der Waals surface area (Å²) in [6, 6.07) is 0. The Morgan fingerprint density at radius 3 is 2.17 bits per heavy atom. The van der Waals surface area contributed by atoms with E-state index >= 15 is 0 Å². The van der Waals surface area contributed by atoms with Crippen molar-refractivity contribution in [1.82, 2.24) is 0 Å². The van der Waals surface area contributed by atoms with E-state index in [9.17, 15) is 26.3 Å².